The number of anilines is 1. The minimum Gasteiger partial charge on any atom is -0.514 e. The summed E-state index contributed by atoms with van der Waals surface area (Å²) in [6, 6.07) is 16.9. The molecule has 2 aromatic rings. The lowest BCUT2D eigenvalue weighted by Gasteiger charge is -2.08. The summed E-state index contributed by atoms with van der Waals surface area (Å²) in [5, 5.41) is 12.0. The van der Waals surface area contributed by atoms with E-state index in [1.807, 2.05) is 61.5 Å². The molecule has 0 aromatic heterocycles. The summed E-state index contributed by atoms with van der Waals surface area (Å²) in [6.07, 6.45) is 0.835. The van der Waals surface area contributed by atoms with Crippen LogP contribution in [0.15, 0.2) is 70.7 Å². The number of aryl methyl sites for hydroxylation is 1. The van der Waals surface area contributed by atoms with Gasteiger partial charge in [-0.3, -0.25) is 4.79 Å². The Bertz CT molecular complexity index is 606. The number of amides is 1. The molecule has 2 rings (SSSR count). The molecule has 0 fully saturated rings. The molecule has 0 saturated heterocycles. The van der Waals surface area contributed by atoms with Gasteiger partial charge in [-0.15, -0.1) is 0 Å². The Kier molecular flexibility index (Phi) is 4.85. The standard InChI is InChI=1S/C16H15NO2S/c1-12-7-9-13(10-8-12)17-16(19)15(11-18)20-14-5-3-2-4-6-14/h2-11,18H,1H3,(H,17,19)/b15-11-. The molecule has 0 saturated carbocycles. The molecule has 2 aromatic carbocycles. The van der Waals surface area contributed by atoms with Crippen LogP contribution in [0.5, 0.6) is 0 Å². The maximum Gasteiger partial charge on any atom is 0.265 e. The second-order valence-corrected chi connectivity index (χ2v) is 5.34. The summed E-state index contributed by atoms with van der Waals surface area (Å²) in [7, 11) is 0. The minimum atomic E-state index is -0.329. The molecule has 0 radical (unpaired) electrons. The van der Waals surface area contributed by atoms with Gasteiger partial charge in [0.05, 0.1) is 6.26 Å². The van der Waals surface area contributed by atoms with Gasteiger partial charge in [-0.25, -0.2) is 0 Å². The second-order valence-electron chi connectivity index (χ2n) is 4.23. The maximum atomic E-state index is 12.1. The number of hydrogen-bond donors (Lipinski definition) is 2. The van der Waals surface area contributed by atoms with E-state index in [2.05, 4.69) is 5.32 Å². The fourth-order valence-electron chi connectivity index (χ4n) is 1.58. The average Bonchev–Trinajstić information content (AvgIpc) is 2.48. The average molecular weight is 285 g/mol. The Labute approximate surface area is 122 Å². The van der Waals surface area contributed by atoms with Crippen molar-refractivity contribution in [3.63, 3.8) is 0 Å². The van der Waals surface area contributed by atoms with Crippen LogP contribution < -0.4 is 5.32 Å². The van der Waals surface area contributed by atoms with Crippen LogP contribution in [0.3, 0.4) is 0 Å². The molecule has 0 aliphatic heterocycles. The minimum absolute atomic E-state index is 0.247. The van der Waals surface area contributed by atoms with E-state index in [4.69, 9.17) is 0 Å². The Morgan fingerprint density at radius 3 is 2.35 bits per heavy atom. The number of carbonyl (C=O) groups excluding carboxylic acids is 1. The van der Waals surface area contributed by atoms with Crippen LogP contribution in [0.25, 0.3) is 0 Å². The van der Waals surface area contributed by atoms with E-state index in [0.717, 1.165) is 16.7 Å². The fraction of sp³-hybridized carbons (Fsp3) is 0.0625. The van der Waals surface area contributed by atoms with E-state index in [9.17, 15) is 9.90 Å². The summed E-state index contributed by atoms with van der Waals surface area (Å²) >= 11 is 1.22. The number of nitrogens with one attached hydrogen (secondary N) is 1. The van der Waals surface area contributed by atoms with Crippen molar-refractivity contribution in [1.29, 1.82) is 0 Å². The van der Waals surface area contributed by atoms with Gasteiger partial charge in [-0.1, -0.05) is 47.7 Å². The van der Waals surface area contributed by atoms with Gasteiger partial charge in [0, 0.05) is 10.6 Å². The highest BCUT2D eigenvalue weighted by atomic mass is 32.2. The van der Waals surface area contributed by atoms with E-state index in [1.165, 1.54) is 11.8 Å². The predicted octanol–water partition coefficient (Wildman–Crippen LogP) is 4.13. The molecule has 3 nitrogen and oxygen atoms in total. The number of rotatable bonds is 4. The lowest BCUT2D eigenvalue weighted by Crippen LogP contribution is -2.12. The highest BCUT2D eigenvalue weighted by molar-refractivity contribution is 8.04. The first-order valence-corrected chi connectivity index (χ1v) is 6.96. The van der Waals surface area contributed by atoms with E-state index < -0.39 is 0 Å². The largest absolute Gasteiger partial charge is 0.514 e. The van der Waals surface area contributed by atoms with Gasteiger partial charge in [0.15, 0.2) is 0 Å². The van der Waals surface area contributed by atoms with Crippen LogP contribution in [0.1, 0.15) is 5.56 Å². The molecule has 0 atom stereocenters. The monoisotopic (exact) mass is 285 g/mol. The molecule has 20 heavy (non-hydrogen) atoms. The van der Waals surface area contributed by atoms with Crippen molar-refractivity contribution < 1.29 is 9.90 Å². The molecule has 2 N–H and O–H groups in total. The van der Waals surface area contributed by atoms with E-state index in [-0.39, 0.29) is 10.8 Å². The van der Waals surface area contributed by atoms with Gasteiger partial charge in [0.2, 0.25) is 0 Å². The smallest absolute Gasteiger partial charge is 0.265 e. The van der Waals surface area contributed by atoms with E-state index >= 15 is 0 Å². The highest BCUT2D eigenvalue weighted by Crippen LogP contribution is 2.26. The van der Waals surface area contributed by atoms with E-state index in [0.29, 0.717) is 5.69 Å². The first kappa shape index (κ1) is 14.2. The number of thioether (sulfide) groups is 1. The lowest BCUT2D eigenvalue weighted by molar-refractivity contribution is -0.112. The summed E-state index contributed by atoms with van der Waals surface area (Å²) < 4.78 is 0. The second kappa shape index (κ2) is 6.82. The molecule has 1 amide bonds. The van der Waals surface area contributed by atoms with Crippen molar-refractivity contribution in [3.05, 3.63) is 71.3 Å². The van der Waals surface area contributed by atoms with Crippen LogP contribution in [0.4, 0.5) is 5.69 Å². The lowest BCUT2D eigenvalue weighted by atomic mass is 10.2. The van der Waals surface area contributed by atoms with Crippen molar-refractivity contribution in [2.24, 2.45) is 0 Å². The van der Waals surface area contributed by atoms with Gasteiger partial charge in [0.25, 0.3) is 5.91 Å². The van der Waals surface area contributed by atoms with Crippen molar-refractivity contribution in [1.82, 2.24) is 0 Å². The molecular formula is C16H15NO2S. The zero-order valence-electron chi connectivity index (χ0n) is 11.0. The zero-order chi connectivity index (χ0) is 14.4. The van der Waals surface area contributed by atoms with Crippen LogP contribution >= 0.6 is 11.8 Å². The normalized spacial score (nSPS) is 11.2. The predicted molar refractivity (Wildman–Crippen MR) is 82.8 cm³/mol. The summed E-state index contributed by atoms with van der Waals surface area (Å²) in [6.45, 7) is 1.98. The molecule has 0 heterocycles. The van der Waals surface area contributed by atoms with Gasteiger partial charge in [0.1, 0.15) is 4.91 Å². The van der Waals surface area contributed by atoms with Crippen LogP contribution in [0.2, 0.25) is 0 Å². The molecule has 0 bridgehead atoms. The molecule has 0 aliphatic rings. The number of carbonyl (C=O) groups is 1. The first-order valence-electron chi connectivity index (χ1n) is 6.14. The zero-order valence-corrected chi connectivity index (χ0v) is 11.9. The quantitative estimate of drug-likeness (QED) is 0.504. The number of hydrogen-bond acceptors (Lipinski definition) is 3. The van der Waals surface area contributed by atoms with Gasteiger partial charge < -0.3 is 10.4 Å². The molecular weight excluding hydrogens is 270 g/mol. The Balaban J connectivity index is 2.05. The third-order valence-electron chi connectivity index (χ3n) is 2.62. The van der Waals surface area contributed by atoms with E-state index in [1.54, 1.807) is 0 Å². The van der Waals surface area contributed by atoms with Crippen molar-refractivity contribution >= 4 is 23.4 Å². The van der Waals surface area contributed by atoms with Crippen molar-refractivity contribution in [3.8, 4) is 0 Å². The third-order valence-corrected chi connectivity index (χ3v) is 3.64. The Morgan fingerprint density at radius 2 is 1.75 bits per heavy atom. The molecule has 0 unspecified atom stereocenters. The summed E-state index contributed by atoms with van der Waals surface area (Å²) in [4.78, 5) is 13.2. The SMILES string of the molecule is Cc1ccc(NC(=O)/C(=C/O)Sc2ccccc2)cc1. The maximum absolute atomic E-state index is 12.1. The Hall–Kier alpha value is -2.20. The molecule has 0 aliphatic carbocycles. The summed E-state index contributed by atoms with van der Waals surface area (Å²) in [5.41, 5.74) is 1.83. The first-order chi connectivity index (χ1) is 9.69. The fourth-order valence-corrected chi connectivity index (χ4v) is 2.32. The van der Waals surface area contributed by atoms with Crippen LogP contribution in [-0.2, 0) is 4.79 Å². The number of benzene rings is 2. The van der Waals surface area contributed by atoms with Crippen LogP contribution in [0, 0.1) is 6.92 Å². The van der Waals surface area contributed by atoms with Gasteiger partial charge in [-0.05, 0) is 31.2 Å². The topological polar surface area (TPSA) is 49.3 Å². The highest BCUT2D eigenvalue weighted by Gasteiger charge is 2.11. The van der Waals surface area contributed by atoms with Crippen LogP contribution in [-0.4, -0.2) is 11.0 Å². The molecule has 102 valence electrons. The number of aliphatic hydroxyl groups is 1. The third kappa shape index (κ3) is 3.90. The molecule has 0 spiro atoms. The number of aliphatic hydroxyl groups excluding tert-OH is 1. The van der Waals surface area contributed by atoms with Crippen molar-refractivity contribution in [2.45, 2.75) is 11.8 Å². The van der Waals surface area contributed by atoms with Gasteiger partial charge in [-0.2, -0.15) is 0 Å². The Morgan fingerprint density at radius 1 is 1.10 bits per heavy atom. The van der Waals surface area contributed by atoms with Crippen molar-refractivity contribution in [2.75, 3.05) is 5.32 Å². The summed E-state index contributed by atoms with van der Waals surface area (Å²) in [5.74, 6) is -0.329. The van der Waals surface area contributed by atoms with Gasteiger partial charge >= 0.3 is 0 Å². The molecule has 4 heteroatoms.